The van der Waals surface area contributed by atoms with Gasteiger partial charge >= 0.3 is 0 Å². The van der Waals surface area contributed by atoms with E-state index in [9.17, 15) is 0 Å². The van der Waals surface area contributed by atoms with Crippen molar-refractivity contribution in [3.63, 3.8) is 0 Å². The first-order chi connectivity index (χ1) is 18.2. The van der Waals surface area contributed by atoms with Gasteiger partial charge in [0.15, 0.2) is 0 Å². The molecule has 0 amide bonds. The van der Waals surface area contributed by atoms with Gasteiger partial charge in [-0.1, -0.05) is 73.5 Å². The fourth-order valence-electron chi connectivity index (χ4n) is 8.69. The average molecular weight is 569 g/mol. The minimum absolute atomic E-state index is 0. The van der Waals surface area contributed by atoms with E-state index in [1.165, 1.54) is 114 Å². The van der Waals surface area contributed by atoms with Crippen molar-refractivity contribution in [1.82, 2.24) is 0 Å². The highest BCUT2D eigenvalue weighted by Crippen LogP contribution is 2.50. The molecule has 2 aliphatic carbocycles. The van der Waals surface area contributed by atoms with Crippen LogP contribution in [0.15, 0.2) is 60.7 Å². The maximum Gasteiger partial charge on any atom is 0.106 e. The minimum atomic E-state index is 0. The Morgan fingerprint density at radius 1 is 0.553 bits per heavy atom. The standard InChI is InChI=1S/C36H42N.BrH/c1-25-21-27-13-9-11-19-31(27)35-33(25)23-37(29-15-5-3-6-16-29,30-17-7-4-8-18-30)24-34-26(2)22-28-14-10-12-20-32(28)36(34)35;/h9-14,19-22,29-30H,3-8,15-18,23-24H2,1-2H3;1H/q+1;/p-1. The molecule has 3 aliphatic rings. The fourth-order valence-corrected chi connectivity index (χ4v) is 8.69. The van der Waals surface area contributed by atoms with Gasteiger partial charge in [-0.15, -0.1) is 0 Å². The molecule has 1 nitrogen and oxygen atoms in total. The minimum Gasteiger partial charge on any atom is -1.00 e. The molecular weight excluding hydrogens is 526 g/mol. The molecule has 0 N–H and O–H groups in total. The molecule has 0 radical (unpaired) electrons. The molecule has 4 aromatic rings. The largest absolute Gasteiger partial charge is 1.00 e. The van der Waals surface area contributed by atoms with Gasteiger partial charge in [0.05, 0.1) is 12.1 Å². The third kappa shape index (κ3) is 4.14. The van der Waals surface area contributed by atoms with Gasteiger partial charge in [-0.05, 0) is 109 Å². The van der Waals surface area contributed by atoms with Crippen LogP contribution in [0.4, 0.5) is 0 Å². The summed E-state index contributed by atoms with van der Waals surface area (Å²) >= 11 is 0. The Kier molecular flexibility index (Phi) is 7.16. The molecule has 2 saturated carbocycles. The molecule has 0 aromatic heterocycles. The Labute approximate surface area is 239 Å². The van der Waals surface area contributed by atoms with Crippen molar-refractivity contribution in [3.05, 3.63) is 82.9 Å². The number of aryl methyl sites for hydroxylation is 2. The molecular formula is C36H42BrN. The van der Waals surface area contributed by atoms with E-state index in [0.29, 0.717) is 0 Å². The Balaban J connectivity index is 0.00000264. The molecule has 198 valence electrons. The number of nitrogens with zero attached hydrogens (tertiary/aromatic N) is 1. The first-order valence-electron chi connectivity index (χ1n) is 15.0. The van der Waals surface area contributed by atoms with Crippen molar-refractivity contribution < 1.29 is 21.5 Å². The smallest absolute Gasteiger partial charge is 0.106 e. The van der Waals surface area contributed by atoms with E-state index in [1.807, 2.05) is 0 Å². The van der Waals surface area contributed by atoms with Crippen molar-refractivity contribution in [2.24, 2.45) is 0 Å². The zero-order chi connectivity index (χ0) is 25.0. The predicted octanol–water partition coefficient (Wildman–Crippen LogP) is 6.78. The van der Waals surface area contributed by atoms with Gasteiger partial charge in [0.1, 0.15) is 13.1 Å². The zero-order valence-corrected chi connectivity index (χ0v) is 24.8. The van der Waals surface area contributed by atoms with Gasteiger partial charge in [0.25, 0.3) is 0 Å². The fraction of sp³-hybridized carbons (Fsp3) is 0.444. The lowest BCUT2D eigenvalue weighted by Gasteiger charge is -2.52. The lowest BCUT2D eigenvalue weighted by molar-refractivity contribution is -0.999. The third-order valence-corrected chi connectivity index (χ3v) is 10.5. The van der Waals surface area contributed by atoms with Gasteiger partial charge in [0, 0.05) is 11.1 Å². The molecule has 2 fully saturated rings. The number of hydrogen-bond acceptors (Lipinski definition) is 0. The first-order valence-corrected chi connectivity index (χ1v) is 15.0. The summed E-state index contributed by atoms with van der Waals surface area (Å²) in [6.07, 6.45) is 14.2. The van der Waals surface area contributed by atoms with Crippen LogP contribution in [0, 0.1) is 13.8 Å². The van der Waals surface area contributed by atoms with Crippen LogP contribution in [0.1, 0.15) is 86.5 Å². The van der Waals surface area contributed by atoms with E-state index in [4.69, 9.17) is 0 Å². The topological polar surface area (TPSA) is 0 Å². The summed E-state index contributed by atoms with van der Waals surface area (Å²) in [5.41, 5.74) is 9.39. The second kappa shape index (κ2) is 10.4. The normalized spacial score (nSPS) is 19.9. The van der Waals surface area contributed by atoms with Crippen molar-refractivity contribution >= 4 is 21.5 Å². The molecule has 0 spiro atoms. The molecule has 38 heavy (non-hydrogen) atoms. The summed E-state index contributed by atoms with van der Waals surface area (Å²) < 4.78 is 1.32. The summed E-state index contributed by atoms with van der Waals surface area (Å²) in [7, 11) is 0. The first kappa shape index (κ1) is 26.1. The van der Waals surface area contributed by atoms with E-state index in [0.717, 1.165) is 12.1 Å². The number of hydrogen-bond donors (Lipinski definition) is 0. The highest BCUT2D eigenvalue weighted by atomic mass is 79.9. The van der Waals surface area contributed by atoms with Crippen LogP contribution >= 0.6 is 0 Å². The van der Waals surface area contributed by atoms with E-state index in [2.05, 4.69) is 74.5 Å². The molecule has 0 atom stereocenters. The lowest BCUT2D eigenvalue weighted by Crippen LogP contribution is -3.00. The van der Waals surface area contributed by atoms with E-state index in [-0.39, 0.29) is 17.0 Å². The predicted molar refractivity (Wildman–Crippen MR) is 158 cm³/mol. The van der Waals surface area contributed by atoms with Crippen molar-refractivity contribution in [2.75, 3.05) is 0 Å². The van der Waals surface area contributed by atoms with Crippen LogP contribution < -0.4 is 17.0 Å². The van der Waals surface area contributed by atoms with Gasteiger partial charge in [-0.3, -0.25) is 0 Å². The molecule has 4 aromatic carbocycles. The third-order valence-electron chi connectivity index (χ3n) is 10.5. The molecule has 1 heterocycles. The maximum atomic E-state index is 2.49. The van der Waals surface area contributed by atoms with Gasteiger partial charge in [-0.25, -0.2) is 0 Å². The second-order valence-electron chi connectivity index (χ2n) is 12.5. The van der Waals surface area contributed by atoms with Crippen LogP contribution in [0.3, 0.4) is 0 Å². The van der Waals surface area contributed by atoms with E-state index >= 15 is 0 Å². The number of halogens is 1. The second-order valence-corrected chi connectivity index (χ2v) is 12.5. The SMILES string of the molecule is Cc1cc2ccccc2c2c1C[N+](C1CCCCC1)(C1CCCCC1)Cc1c(C)cc3ccccc3c1-2.[Br-]. The number of fused-ring (bicyclic) bond motifs is 7. The molecule has 2 heteroatoms. The summed E-state index contributed by atoms with van der Waals surface area (Å²) in [6.45, 7) is 7.24. The van der Waals surface area contributed by atoms with Crippen LogP contribution in [0.5, 0.6) is 0 Å². The summed E-state index contributed by atoms with van der Waals surface area (Å²) in [5.74, 6) is 0. The molecule has 7 rings (SSSR count). The molecule has 0 bridgehead atoms. The van der Waals surface area contributed by atoms with Crippen molar-refractivity contribution in [3.8, 4) is 11.1 Å². The Hall–Kier alpha value is -2.16. The zero-order valence-electron chi connectivity index (χ0n) is 23.2. The maximum absolute atomic E-state index is 2.49. The Bertz CT molecular complexity index is 1360. The van der Waals surface area contributed by atoms with Gasteiger partial charge in [-0.2, -0.15) is 0 Å². The Morgan fingerprint density at radius 3 is 1.37 bits per heavy atom. The van der Waals surface area contributed by atoms with Crippen LogP contribution in [0.25, 0.3) is 32.7 Å². The average Bonchev–Trinajstić information content (AvgIpc) is 3.12. The summed E-state index contributed by atoms with van der Waals surface area (Å²) in [5, 5.41) is 5.69. The van der Waals surface area contributed by atoms with Crippen molar-refractivity contribution in [2.45, 2.75) is 103 Å². The van der Waals surface area contributed by atoms with Crippen LogP contribution in [-0.2, 0) is 13.1 Å². The quantitative estimate of drug-likeness (QED) is 0.234. The monoisotopic (exact) mass is 567 g/mol. The summed E-state index contributed by atoms with van der Waals surface area (Å²) in [6, 6.07) is 25.0. The van der Waals surface area contributed by atoms with Gasteiger partial charge in [0.2, 0.25) is 0 Å². The number of quaternary nitrogens is 1. The summed E-state index contributed by atoms with van der Waals surface area (Å²) in [4.78, 5) is 0. The highest BCUT2D eigenvalue weighted by Gasteiger charge is 2.47. The molecule has 0 unspecified atom stereocenters. The van der Waals surface area contributed by atoms with Gasteiger partial charge < -0.3 is 21.5 Å². The van der Waals surface area contributed by atoms with E-state index in [1.54, 1.807) is 22.3 Å². The van der Waals surface area contributed by atoms with Crippen LogP contribution in [0.2, 0.25) is 0 Å². The lowest BCUT2D eigenvalue weighted by atomic mass is 9.84. The number of rotatable bonds is 2. The number of benzene rings is 4. The molecule has 0 saturated heterocycles. The van der Waals surface area contributed by atoms with E-state index < -0.39 is 0 Å². The Morgan fingerprint density at radius 2 is 0.947 bits per heavy atom. The van der Waals surface area contributed by atoms with Crippen LogP contribution in [-0.4, -0.2) is 16.6 Å². The highest BCUT2D eigenvalue weighted by molar-refractivity contribution is 6.08. The van der Waals surface area contributed by atoms with Crippen molar-refractivity contribution in [1.29, 1.82) is 0 Å². The molecule has 1 aliphatic heterocycles.